The van der Waals surface area contributed by atoms with E-state index in [0.717, 1.165) is 11.1 Å². The number of rotatable bonds is 4. The molecule has 3 heteroatoms. The molecule has 0 amide bonds. The predicted molar refractivity (Wildman–Crippen MR) is 64.1 cm³/mol. The van der Waals surface area contributed by atoms with Gasteiger partial charge in [-0.05, 0) is 24.5 Å². The molecule has 0 radical (unpaired) electrons. The van der Waals surface area contributed by atoms with Crippen LogP contribution >= 0.6 is 0 Å². The van der Waals surface area contributed by atoms with Gasteiger partial charge < -0.3 is 14.9 Å². The lowest BCUT2D eigenvalue weighted by Gasteiger charge is -2.15. The fraction of sp³-hybridized carbons (Fsp3) is 0.538. The second-order valence-electron chi connectivity index (χ2n) is 4.44. The molecule has 2 N–H and O–H groups in total. The van der Waals surface area contributed by atoms with Crippen LogP contribution in [0.3, 0.4) is 0 Å². The van der Waals surface area contributed by atoms with Crippen molar-refractivity contribution in [3.63, 3.8) is 0 Å². The number of phenols is 1. The van der Waals surface area contributed by atoms with Crippen LogP contribution in [-0.2, 0) is 6.42 Å². The molecule has 16 heavy (non-hydrogen) atoms. The lowest BCUT2D eigenvalue weighted by Crippen LogP contribution is -2.06. The van der Waals surface area contributed by atoms with Gasteiger partial charge in [-0.1, -0.05) is 19.9 Å². The first kappa shape index (κ1) is 12.8. The first-order valence-corrected chi connectivity index (χ1v) is 5.53. The molecule has 0 aliphatic carbocycles. The zero-order chi connectivity index (χ0) is 12.3. The Balaban J connectivity index is 3.19. The third-order valence-corrected chi connectivity index (χ3v) is 2.55. The zero-order valence-electron chi connectivity index (χ0n) is 10.3. The third kappa shape index (κ3) is 2.89. The van der Waals surface area contributed by atoms with Crippen molar-refractivity contribution in [3.8, 4) is 11.5 Å². The van der Waals surface area contributed by atoms with E-state index in [1.54, 1.807) is 13.0 Å². The molecule has 1 atom stereocenters. The predicted octanol–water partition coefficient (Wildman–Crippen LogP) is 2.45. The summed E-state index contributed by atoms with van der Waals surface area (Å²) in [6.07, 6.45) is 0.0350. The highest BCUT2D eigenvalue weighted by Crippen LogP contribution is 2.34. The number of benzene rings is 1. The molecule has 1 rings (SSSR count). The van der Waals surface area contributed by atoms with Gasteiger partial charge in [0.25, 0.3) is 0 Å². The van der Waals surface area contributed by atoms with Crippen LogP contribution in [0.1, 0.15) is 37.8 Å². The molecular formula is C13H20O3. The highest BCUT2D eigenvalue weighted by Gasteiger charge is 2.14. The van der Waals surface area contributed by atoms with Crippen LogP contribution < -0.4 is 4.74 Å². The van der Waals surface area contributed by atoms with E-state index in [1.165, 1.54) is 7.11 Å². The summed E-state index contributed by atoms with van der Waals surface area (Å²) in [7, 11) is 1.52. The van der Waals surface area contributed by atoms with Crippen LogP contribution in [0.5, 0.6) is 11.5 Å². The third-order valence-electron chi connectivity index (χ3n) is 2.55. The number of hydrogen-bond donors (Lipinski definition) is 2. The Hall–Kier alpha value is -1.22. The summed E-state index contributed by atoms with van der Waals surface area (Å²) in [5.74, 6) is 0.944. The number of phenolic OH excluding ortho intramolecular Hbond substituents is 1. The molecule has 3 nitrogen and oxygen atoms in total. The Bertz CT molecular complexity index is 356. The fourth-order valence-corrected chi connectivity index (χ4v) is 1.74. The molecule has 0 aliphatic rings. The van der Waals surface area contributed by atoms with Gasteiger partial charge in [-0.15, -0.1) is 0 Å². The molecule has 0 fully saturated rings. The molecular weight excluding hydrogens is 204 g/mol. The van der Waals surface area contributed by atoms with Crippen LogP contribution in [0.15, 0.2) is 12.1 Å². The average Bonchev–Trinajstić information content (AvgIpc) is 2.16. The van der Waals surface area contributed by atoms with E-state index in [-0.39, 0.29) is 5.75 Å². The minimum Gasteiger partial charge on any atom is -0.504 e. The van der Waals surface area contributed by atoms with Crippen molar-refractivity contribution in [3.05, 3.63) is 23.3 Å². The number of aliphatic hydroxyl groups excluding tert-OH is 1. The average molecular weight is 224 g/mol. The number of methoxy groups -OCH3 is 1. The number of aliphatic hydroxyl groups is 1. The molecule has 0 bridgehead atoms. The Morgan fingerprint density at radius 3 is 2.31 bits per heavy atom. The number of aromatic hydroxyl groups is 1. The van der Waals surface area contributed by atoms with Gasteiger partial charge >= 0.3 is 0 Å². The summed E-state index contributed by atoms with van der Waals surface area (Å²) in [4.78, 5) is 0. The summed E-state index contributed by atoms with van der Waals surface area (Å²) >= 11 is 0. The molecule has 90 valence electrons. The molecule has 0 heterocycles. The summed E-state index contributed by atoms with van der Waals surface area (Å²) in [6, 6.07) is 3.70. The molecule has 0 aliphatic heterocycles. The molecule has 0 saturated carbocycles. The van der Waals surface area contributed by atoms with Crippen LogP contribution in [-0.4, -0.2) is 23.4 Å². The summed E-state index contributed by atoms with van der Waals surface area (Å²) in [5.41, 5.74) is 1.90. The molecule has 0 spiro atoms. The van der Waals surface area contributed by atoms with Gasteiger partial charge in [0.2, 0.25) is 0 Å². The highest BCUT2D eigenvalue weighted by atomic mass is 16.5. The van der Waals surface area contributed by atoms with Crippen molar-refractivity contribution in [1.29, 1.82) is 0 Å². The van der Waals surface area contributed by atoms with Crippen molar-refractivity contribution < 1.29 is 14.9 Å². The summed E-state index contributed by atoms with van der Waals surface area (Å²) < 4.78 is 5.15. The van der Waals surface area contributed by atoms with Crippen LogP contribution in [0.2, 0.25) is 0 Å². The monoisotopic (exact) mass is 224 g/mol. The van der Waals surface area contributed by atoms with Gasteiger partial charge in [0.15, 0.2) is 11.5 Å². The summed E-state index contributed by atoms with van der Waals surface area (Å²) in [6.45, 7) is 5.85. The molecule has 1 aromatic rings. The van der Waals surface area contributed by atoms with Crippen LogP contribution in [0, 0.1) is 0 Å². The number of ether oxygens (including phenoxy) is 1. The lowest BCUT2D eigenvalue weighted by atomic mass is 9.97. The second-order valence-corrected chi connectivity index (χ2v) is 4.44. The van der Waals surface area contributed by atoms with Gasteiger partial charge in [-0.25, -0.2) is 0 Å². The minimum absolute atomic E-state index is 0.143. The van der Waals surface area contributed by atoms with Crippen LogP contribution in [0.4, 0.5) is 0 Å². The van der Waals surface area contributed by atoms with Crippen molar-refractivity contribution in [1.82, 2.24) is 0 Å². The van der Waals surface area contributed by atoms with Crippen molar-refractivity contribution in [2.45, 2.75) is 39.2 Å². The smallest absolute Gasteiger partial charge is 0.163 e. The van der Waals surface area contributed by atoms with Crippen molar-refractivity contribution in [2.24, 2.45) is 0 Å². The highest BCUT2D eigenvalue weighted by molar-refractivity contribution is 5.49. The zero-order valence-corrected chi connectivity index (χ0v) is 10.3. The standard InChI is InChI=1S/C13H20O3/c1-8(2)10-6-11(5-9(3)14)13(16-4)12(15)7-10/h6-9,14-15H,5H2,1-4H3. The van der Waals surface area contributed by atoms with E-state index in [1.807, 2.05) is 6.07 Å². The summed E-state index contributed by atoms with van der Waals surface area (Å²) in [5, 5.41) is 19.2. The Morgan fingerprint density at radius 2 is 1.88 bits per heavy atom. The maximum absolute atomic E-state index is 9.83. The van der Waals surface area contributed by atoms with E-state index in [9.17, 15) is 10.2 Å². The van der Waals surface area contributed by atoms with Gasteiger partial charge in [-0.2, -0.15) is 0 Å². The first-order chi connectivity index (χ1) is 7.45. The van der Waals surface area contributed by atoms with E-state index < -0.39 is 6.10 Å². The minimum atomic E-state index is -0.448. The normalized spacial score (nSPS) is 12.9. The SMILES string of the molecule is COc1c(O)cc(C(C)C)cc1CC(C)O. The number of hydrogen-bond acceptors (Lipinski definition) is 3. The first-order valence-electron chi connectivity index (χ1n) is 5.53. The Morgan fingerprint density at radius 1 is 1.25 bits per heavy atom. The van der Waals surface area contributed by atoms with Crippen molar-refractivity contribution in [2.75, 3.05) is 7.11 Å². The van der Waals surface area contributed by atoms with Gasteiger partial charge in [0.1, 0.15) is 0 Å². The largest absolute Gasteiger partial charge is 0.504 e. The topological polar surface area (TPSA) is 49.7 Å². The Labute approximate surface area is 96.7 Å². The van der Waals surface area contributed by atoms with Gasteiger partial charge in [-0.3, -0.25) is 0 Å². The maximum Gasteiger partial charge on any atom is 0.163 e. The van der Waals surface area contributed by atoms with E-state index in [0.29, 0.717) is 18.1 Å². The van der Waals surface area contributed by atoms with E-state index in [4.69, 9.17) is 4.74 Å². The molecule has 1 aromatic carbocycles. The maximum atomic E-state index is 9.83. The van der Waals surface area contributed by atoms with E-state index >= 15 is 0 Å². The molecule has 1 unspecified atom stereocenters. The Kier molecular flexibility index (Phi) is 4.19. The fourth-order valence-electron chi connectivity index (χ4n) is 1.74. The second kappa shape index (κ2) is 5.21. The van der Waals surface area contributed by atoms with Gasteiger partial charge in [0.05, 0.1) is 13.2 Å². The van der Waals surface area contributed by atoms with Crippen LogP contribution in [0.25, 0.3) is 0 Å². The van der Waals surface area contributed by atoms with E-state index in [2.05, 4.69) is 13.8 Å². The van der Waals surface area contributed by atoms with Crippen molar-refractivity contribution >= 4 is 0 Å². The molecule has 0 aromatic heterocycles. The van der Waals surface area contributed by atoms with Gasteiger partial charge in [0, 0.05) is 12.0 Å². The molecule has 0 saturated heterocycles. The lowest BCUT2D eigenvalue weighted by molar-refractivity contribution is 0.194. The quantitative estimate of drug-likeness (QED) is 0.826.